The van der Waals surface area contributed by atoms with Gasteiger partial charge in [-0.05, 0) is 43.0 Å². The summed E-state index contributed by atoms with van der Waals surface area (Å²) >= 11 is 1.27. The van der Waals surface area contributed by atoms with Crippen LogP contribution in [0.1, 0.15) is 51.3 Å². The lowest BCUT2D eigenvalue weighted by atomic mass is 9.98. The fraction of sp³-hybridized carbons (Fsp3) is 0.308. The standard InChI is InChI=1S/C26H27N3O5S/c1-15-22(23(30)29(4)26(2,3)24(31)32)28-21(35-15)13-27-25(33)34-14-20-18-11-7-5-9-16(18)17-10-6-8-12-19(17)20/h5-12,20H,13-14H2,1-4H3,(H,27,33)(H,31,32). The molecule has 1 heterocycles. The maximum Gasteiger partial charge on any atom is 0.407 e. The van der Waals surface area contributed by atoms with Crippen LogP contribution in [0.4, 0.5) is 4.79 Å². The molecule has 35 heavy (non-hydrogen) atoms. The average Bonchev–Trinajstić information content (AvgIpc) is 3.37. The number of hydrogen-bond donors (Lipinski definition) is 2. The lowest BCUT2D eigenvalue weighted by Crippen LogP contribution is -2.51. The third kappa shape index (κ3) is 4.64. The third-order valence-corrected chi connectivity index (χ3v) is 7.41. The van der Waals surface area contributed by atoms with Crippen molar-refractivity contribution >= 4 is 29.3 Å². The van der Waals surface area contributed by atoms with Crippen molar-refractivity contribution in [3.8, 4) is 11.1 Å². The van der Waals surface area contributed by atoms with Gasteiger partial charge in [0.15, 0.2) is 0 Å². The summed E-state index contributed by atoms with van der Waals surface area (Å²) < 4.78 is 5.54. The number of thiazole rings is 1. The minimum Gasteiger partial charge on any atom is -0.480 e. The van der Waals surface area contributed by atoms with Gasteiger partial charge in [-0.3, -0.25) is 4.79 Å². The maximum absolute atomic E-state index is 12.8. The second-order valence-corrected chi connectivity index (χ2v) is 10.2. The van der Waals surface area contributed by atoms with E-state index in [1.54, 1.807) is 6.92 Å². The smallest absolute Gasteiger partial charge is 0.407 e. The highest BCUT2D eigenvalue weighted by molar-refractivity contribution is 7.11. The SMILES string of the molecule is Cc1sc(CNC(=O)OCC2c3ccccc3-c3ccccc32)nc1C(=O)N(C)C(C)(C)C(=O)O. The molecular weight excluding hydrogens is 466 g/mol. The number of alkyl carbamates (subject to hydrolysis) is 1. The molecule has 182 valence electrons. The van der Waals surface area contributed by atoms with Crippen LogP contribution in [-0.4, -0.2) is 52.2 Å². The van der Waals surface area contributed by atoms with E-state index in [4.69, 9.17) is 4.74 Å². The summed E-state index contributed by atoms with van der Waals surface area (Å²) in [6.07, 6.45) is -0.572. The number of amides is 2. The van der Waals surface area contributed by atoms with Gasteiger partial charge in [0.05, 0.1) is 6.54 Å². The molecule has 0 fully saturated rings. The summed E-state index contributed by atoms with van der Waals surface area (Å²) in [6, 6.07) is 16.2. The van der Waals surface area contributed by atoms with E-state index >= 15 is 0 Å². The van der Waals surface area contributed by atoms with Crippen LogP contribution in [-0.2, 0) is 16.1 Å². The molecule has 2 N–H and O–H groups in total. The van der Waals surface area contributed by atoms with Gasteiger partial charge in [-0.1, -0.05) is 48.5 Å². The Labute approximate surface area is 207 Å². The molecule has 9 heteroatoms. The first-order valence-corrected chi connectivity index (χ1v) is 12.0. The highest BCUT2D eigenvalue weighted by Gasteiger charge is 2.37. The van der Waals surface area contributed by atoms with Crippen molar-refractivity contribution < 1.29 is 24.2 Å². The van der Waals surface area contributed by atoms with Crippen LogP contribution < -0.4 is 5.32 Å². The Morgan fingerprint density at radius 1 is 1.09 bits per heavy atom. The molecule has 0 saturated heterocycles. The normalized spacial score (nSPS) is 12.6. The molecule has 0 atom stereocenters. The van der Waals surface area contributed by atoms with Gasteiger partial charge in [-0.15, -0.1) is 11.3 Å². The number of carbonyl (C=O) groups is 3. The average molecular weight is 494 g/mol. The molecular formula is C26H27N3O5S. The van der Waals surface area contributed by atoms with Crippen LogP contribution in [0.25, 0.3) is 11.1 Å². The number of aryl methyl sites for hydroxylation is 1. The summed E-state index contributed by atoms with van der Waals surface area (Å²) in [5, 5.41) is 12.6. The first-order valence-electron chi connectivity index (χ1n) is 11.2. The zero-order valence-corrected chi connectivity index (χ0v) is 20.8. The highest BCUT2D eigenvalue weighted by Crippen LogP contribution is 2.44. The monoisotopic (exact) mass is 493 g/mol. The van der Waals surface area contributed by atoms with Gasteiger partial charge in [-0.25, -0.2) is 14.6 Å². The summed E-state index contributed by atoms with van der Waals surface area (Å²) in [7, 11) is 1.43. The molecule has 0 spiro atoms. The molecule has 0 aliphatic heterocycles. The number of rotatable bonds is 7. The number of nitrogens with one attached hydrogen (secondary N) is 1. The Kier molecular flexibility index (Phi) is 6.62. The van der Waals surface area contributed by atoms with Crippen molar-refractivity contribution in [3.05, 3.63) is 75.2 Å². The zero-order chi connectivity index (χ0) is 25.3. The molecule has 1 aromatic heterocycles. The number of carboxylic acid groups (broad SMARTS) is 1. The number of aliphatic carboxylic acids is 1. The lowest BCUT2D eigenvalue weighted by molar-refractivity contribution is -0.147. The number of fused-ring (bicyclic) bond motifs is 3. The summed E-state index contributed by atoms with van der Waals surface area (Å²) in [4.78, 5) is 42.9. The van der Waals surface area contributed by atoms with E-state index in [2.05, 4.69) is 34.6 Å². The molecule has 2 amide bonds. The number of aromatic nitrogens is 1. The number of carboxylic acids is 1. The molecule has 0 saturated carbocycles. The van der Waals surface area contributed by atoms with Crippen molar-refractivity contribution in [1.29, 1.82) is 0 Å². The van der Waals surface area contributed by atoms with Crippen molar-refractivity contribution in [2.45, 2.75) is 38.8 Å². The molecule has 0 unspecified atom stereocenters. The number of carbonyl (C=O) groups excluding carboxylic acids is 2. The van der Waals surface area contributed by atoms with Crippen LogP contribution in [0.15, 0.2) is 48.5 Å². The number of hydrogen-bond acceptors (Lipinski definition) is 6. The molecule has 4 rings (SSSR count). The van der Waals surface area contributed by atoms with Gasteiger partial charge in [0.1, 0.15) is 22.8 Å². The zero-order valence-electron chi connectivity index (χ0n) is 20.0. The lowest BCUT2D eigenvalue weighted by Gasteiger charge is -2.31. The largest absolute Gasteiger partial charge is 0.480 e. The van der Waals surface area contributed by atoms with E-state index in [9.17, 15) is 19.5 Å². The van der Waals surface area contributed by atoms with Crippen LogP contribution in [0, 0.1) is 6.92 Å². The maximum atomic E-state index is 12.8. The van der Waals surface area contributed by atoms with Gasteiger partial charge in [0.2, 0.25) is 0 Å². The molecule has 8 nitrogen and oxygen atoms in total. The Morgan fingerprint density at radius 3 is 2.23 bits per heavy atom. The molecule has 1 aliphatic carbocycles. The summed E-state index contributed by atoms with van der Waals surface area (Å²) in [6.45, 7) is 4.95. The Bertz CT molecular complexity index is 1250. The van der Waals surface area contributed by atoms with Gasteiger partial charge >= 0.3 is 12.1 Å². The van der Waals surface area contributed by atoms with Crippen LogP contribution in [0.2, 0.25) is 0 Å². The van der Waals surface area contributed by atoms with Gasteiger partial charge in [0.25, 0.3) is 5.91 Å². The minimum absolute atomic E-state index is 0.0346. The molecule has 2 aromatic carbocycles. The number of benzene rings is 2. The van der Waals surface area contributed by atoms with E-state index < -0.39 is 23.5 Å². The minimum atomic E-state index is -1.38. The van der Waals surface area contributed by atoms with Crippen molar-refractivity contribution in [1.82, 2.24) is 15.2 Å². The van der Waals surface area contributed by atoms with E-state index in [0.717, 1.165) is 27.2 Å². The van der Waals surface area contributed by atoms with Crippen molar-refractivity contribution in [2.24, 2.45) is 0 Å². The number of nitrogens with zero attached hydrogens (tertiary/aromatic N) is 2. The van der Waals surface area contributed by atoms with Gasteiger partial charge < -0.3 is 20.1 Å². The fourth-order valence-corrected chi connectivity index (χ4v) is 4.94. The van der Waals surface area contributed by atoms with Crippen molar-refractivity contribution in [3.63, 3.8) is 0 Å². The molecule has 1 aliphatic rings. The molecule has 0 radical (unpaired) electrons. The van der Waals surface area contributed by atoms with E-state index in [1.807, 2.05) is 24.3 Å². The fourth-order valence-electron chi connectivity index (χ4n) is 4.08. The predicted molar refractivity (Wildman–Crippen MR) is 133 cm³/mol. The quantitative estimate of drug-likeness (QED) is 0.504. The predicted octanol–water partition coefficient (Wildman–Crippen LogP) is 4.43. The van der Waals surface area contributed by atoms with Gasteiger partial charge in [-0.2, -0.15) is 0 Å². The van der Waals surface area contributed by atoms with Gasteiger partial charge in [0, 0.05) is 17.8 Å². The second kappa shape index (κ2) is 9.50. The Hall–Kier alpha value is -3.72. The van der Waals surface area contributed by atoms with E-state index in [1.165, 1.54) is 32.2 Å². The number of ether oxygens (including phenoxy) is 1. The third-order valence-electron chi connectivity index (χ3n) is 6.44. The Balaban J connectivity index is 1.37. The van der Waals surface area contributed by atoms with E-state index in [0.29, 0.717) is 9.88 Å². The number of likely N-dealkylation sites (N-methyl/N-ethyl adjacent to an activating group) is 1. The van der Waals surface area contributed by atoms with Crippen molar-refractivity contribution in [2.75, 3.05) is 13.7 Å². The van der Waals surface area contributed by atoms with Crippen LogP contribution in [0.5, 0.6) is 0 Å². The second-order valence-electron chi connectivity index (χ2n) is 8.92. The van der Waals surface area contributed by atoms with Crippen LogP contribution >= 0.6 is 11.3 Å². The molecule has 3 aromatic rings. The molecule has 0 bridgehead atoms. The highest BCUT2D eigenvalue weighted by atomic mass is 32.1. The summed E-state index contributed by atoms with van der Waals surface area (Å²) in [5.74, 6) is -1.63. The van der Waals surface area contributed by atoms with E-state index in [-0.39, 0.29) is 24.8 Å². The summed E-state index contributed by atoms with van der Waals surface area (Å²) in [5.41, 5.74) is 3.37. The topological polar surface area (TPSA) is 109 Å². The van der Waals surface area contributed by atoms with Crippen LogP contribution in [0.3, 0.4) is 0 Å². The Morgan fingerprint density at radius 2 is 1.66 bits per heavy atom. The first-order chi connectivity index (χ1) is 16.6. The first kappa shape index (κ1) is 24.4.